The van der Waals surface area contributed by atoms with E-state index in [2.05, 4.69) is 5.32 Å². The SMILES string of the molecule is COc1ccccc1OCC(=O)N(Cc1ccccc1Cl)[C@@H](C)C(=O)NC(C)(C)C. The van der Waals surface area contributed by atoms with E-state index in [0.717, 1.165) is 5.56 Å². The number of hydrogen-bond donors (Lipinski definition) is 1. The summed E-state index contributed by atoms with van der Waals surface area (Å²) in [7, 11) is 1.53. The third-order valence-corrected chi connectivity index (χ3v) is 4.75. The number of nitrogens with zero attached hydrogens (tertiary/aromatic N) is 1. The van der Waals surface area contributed by atoms with Gasteiger partial charge < -0.3 is 19.7 Å². The minimum atomic E-state index is -0.714. The number of rotatable bonds is 8. The molecule has 1 atom stereocenters. The van der Waals surface area contributed by atoms with Crippen molar-refractivity contribution in [2.75, 3.05) is 13.7 Å². The highest BCUT2D eigenvalue weighted by atomic mass is 35.5. The normalized spacial score (nSPS) is 12.1. The molecule has 0 radical (unpaired) electrons. The summed E-state index contributed by atoms with van der Waals surface area (Å²) in [5, 5.41) is 3.45. The average Bonchev–Trinajstić information content (AvgIpc) is 2.69. The van der Waals surface area contributed by atoms with Crippen molar-refractivity contribution in [2.45, 2.75) is 45.8 Å². The molecule has 0 unspecified atom stereocenters. The summed E-state index contributed by atoms with van der Waals surface area (Å²) < 4.78 is 10.9. The number of halogens is 1. The molecule has 1 N–H and O–H groups in total. The molecule has 0 heterocycles. The first-order valence-corrected chi connectivity index (χ1v) is 10.1. The highest BCUT2D eigenvalue weighted by Gasteiger charge is 2.29. The Morgan fingerprint density at radius 1 is 1.07 bits per heavy atom. The number of para-hydroxylation sites is 2. The summed E-state index contributed by atoms with van der Waals surface area (Å²) >= 11 is 6.29. The molecule has 2 aromatic rings. The van der Waals surface area contributed by atoms with Gasteiger partial charge in [-0.15, -0.1) is 0 Å². The van der Waals surface area contributed by atoms with Crippen LogP contribution < -0.4 is 14.8 Å². The molecule has 0 aromatic heterocycles. The zero-order chi connectivity index (χ0) is 22.3. The lowest BCUT2D eigenvalue weighted by molar-refractivity contribution is -0.142. The lowest BCUT2D eigenvalue weighted by atomic mass is 10.1. The van der Waals surface area contributed by atoms with Gasteiger partial charge in [0.05, 0.1) is 7.11 Å². The van der Waals surface area contributed by atoms with E-state index in [-0.39, 0.29) is 25.0 Å². The lowest BCUT2D eigenvalue weighted by Crippen LogP contribution is -2.53. The third kappa shape index (κ3) is 6.66. The largest absolute Gasteiger partial charge is 0.493 e. The molecule has 0 bridgehead atoms. The summed E-state index contributed by atoms with van der Waals surface area (Å²) in [5.41, 5.74) is 0.332. The van der Waals surface area contributed by atoms with Crippen molar-refractivity contribution >= 4 is 23.4 Å². The van der Waals surface area contributed by atoms with Crippen LogP contribution >= 0.6 is 11.6 Å². The van der Waals surface area contributed by atoms with E-state index in [1.807, 2.05) is 45.0 Å². The van der Waals surface area contributed by atoms with Crippen LogP contribution in [-0.4, -0.2) is 42.0 Å². The average molecular weight is 433 g/mol. The van der Waals surface area contributed by atoms with Gasteiger partial charge in [0.1, 0.15) is 6.04 Å². The van der Waals surface area contributed by atoms with E-state index in [4.69, 9.17) is 21.1 Å². The van der Waals surface area contributed by atoms with Gasteiger partial charge in [0.2, 0.25) is 5.91 Å². The first-order chi connectivity index (χ1) is 14.1. The molecule has 0 aliphatic carbocycles. The second-order valence-electron chi connectivity index (χ2n) is 7.97. The highest BCUT2D eigenvalue weighted by Crippen LogP contribution is 2.26. The maximum atomic E-state index is 13.1. The molecule has 2 amide bonds. The topological polar surface area (TPSA) is 67.9 Å². The van der Waals surface area contributed by atoms with E-state index < -0.39 is 11.6 Å². The Hall–Kier alpha value is -2.73. The Morgan fingerprint density at radius 3 is 2.27 bits per heavy atom. The van der Waals surface area contributed by atoms with Crippen molar-refractivity contribution in [3.63, 3.8) is 0 Å². The third-order valence-electron chi connectivity index (χ3n) is 4.38. The van der Waals surface area contributed by atoms with E-state index >= 15 is 0 Å². The standard InChI is InChI=1S/C23H29ClN2O4/c1-16(22(28)25-23(2,3)4)26(14-17-10-6-7-11-18(17)24)21(27)15-30-20-13-9-8-12-19(20)29-5/h6-13,16H,14-15H2,1-5H3,(H,25,28)/t16-/m0/s1. The van der Waals surface area contributed by atoms with Crippen LogP contribution in [0.2, 0.25) is 5.02 Å². The zero-order valence-corrected chi connectivity index (χ0v) is 18.8. The number of hydrogen-bond acceptors (Lipinski definition) is 4. The zero-order valence-electron chi connectivity index (χ0n) is 18.1. The van der Waals surface area contributed by atoms with Crippen molar-refractivity contribution in [3.05, 3.63) is 59.1 Å². The monoisotopic (exact) mass is 432 g/mol. The lowest BCUT2D eigenvalue weighted by Gasteiger charge is -2.31. The summed E-state index contributed by atoms with van der Waals surface area (Å²) in [6.45, 7) is 7.32. The van der Waals surface area contributed by atoms with Gasteiger partial charge in [-0.2, -0.15) is 0 Å². The molecule has 0 spiro atoms. The predicted octanol–water partition coefficient (Wildman–Crippen LogP) is 4.06. The molecule has 7 heteroatoms. The van der Waals surface area contributed by atoms with Crippen LogP contribution in [0.5, 0.6) is 11.5 Å². The van der Waals surface area contributed by atoms with Crippen molar-refractivity contribution in [3.8, 4) is 11.5 Å². The fourth-order valence-electron chi connectivity index (χ4n) is 2.83. The fourth-order valence-corrected chi connectivity index (χ4v) is 3.02. The van der Waals surface area contributed by atoms with Gasteiger partial charge in [0.25, 0.3) is 5.91 Å². The second-order valence-corrected chi connectivity index (χ2v) is 8.38. The summed E-state index contributed by atoms with van der Waals surface area (Å²) in [6, 6.07) is 13.6. The highest BCUT2D eigenvalue weighted by molar-refractivity contribution is 6.31. The van der Waals surface area contributed by atoms with Crippen LogP contribution in [0.25, 0.3) is 0 Å². The summed E-state index contributed by atoms with van der Waals surface area (Å²) in [4.78, 5) is 27.3. The molecule has 30 heavy (non-hydrogen) atoms. The Kier molecular flexibility index (Phi) is 8.12. The minimum Gasteiger partial charge on any atom is -0.493 e. The van der Waals surface area contributed by atoms with Crippen molar-refractivity contribution in [2.24, 2.45) is 0 Å². The Morgan fingerprint density at radius 2 is 1.67 bits per heavy atom. The maximum absolute atomic E-state index is 13.1. The molecule has 162 valence electrons. The van der Waals surface area contributed by atoms with Crippen LogP contribution in [-0.2, 0) is 16.1 Å². The van der Waals surface area contributed by atoms with Gasteiger partial charge >= 0.3 is 0 Å². The van der Waals surface area contributed by atoms with Crippen molar-refractivity contribution in [1.29, 1.82) is 0 Å². The quantitative estimate of drug-likeness (QED) is 0.683. The van der Waals surface area contributed by atoms with Crippen LogP contribution in [0.3, 0.4) is 0 Å². The smallest absolute Gasteiger partial charge is 0.261 e. The number of carbonyl (C=O) groups is 2. The van der Waals surface area contributed by atoms with Gasteiger partial charge in [-0.1, -0.05) is 41.9 Å². The molecule has 0 aliphatic rings. The molecule has 0 fully saturated rings. The number of methoxy groups -OCH3 is 1. The number of carbonyl (C=O) groups excluding carboxylic acids is 2. The Bertz CT molecular complexity index is 880. The van der Waals surface area contributed by atoms with Gasteiger partial charge in [0.15, 0.2) is 18.1 Å². The van der Waals surface area contributed by atoms with E-state index in [1.165, 1.54) is 12.0 Å². The van der Waals surface area contributed by atoms with Crippen molar-refractivity contribution in [1.82, 2.24) is 10.2 Å². The minimum absolute atomic E-state index is 0.187. The van der Waals surface area contributed by atoms with Gasteiger partial charge in [0, 0.05) is 17.1 Å². The molecule has 0 saturated heterocycles. The van der Waals surface area contributed by atoms with Crippen LogP contribution in [0, 0.1) is 0 Å². The molecule has 0 saturated carbocycles. The molecular weight excluding hydrogens is 404 g/mol. The first-order valence-electron chi connectivity index (χ1n) is 9.73. The van der Waals surface area contributed by atoms with Crippen LogP contribution in [0.4, 0.5) is 0 Å². The maximum Gasteiger partial charge on any atom is 0.261 e. The summed E-state index contributed by atoms with van der Waals surface area (Å²) in [6.07, 6.45) is 0. The fraction of sp³-hybridized carbons (Fsp3) is 0.391. The van der Waals surface area contributed by atoms with Crippen LogP contribution in [0.1, 0.15) is 33.3 Å². The number of benzene rings is 2. The molecule has 0 aliphatic heterocycles. The second kappa shape index (κ2) is 10.3. The van der Waals surface area contributed by atoms with E-state index in [1.54, 1.807) is 31.2 Å². The van der Waals surface area contributed by atoms with E-state index in [0.29, 0.717) is 16.5 Å². The number of amides is 2. The van der Waals surface area contributed by atoms with Crippen LogP contribution in [0.15, 0.2) is 48.5 Å². The molecule has 2 aromatic carbocycles. The first kappa shape index (κ1) is 23.5. The molecular formula is C23H29ClN2O4. The van der Waals surface area contributed by atoms with Gasteiger partial charge in [-0.25, -0.2) is 0 Å². The predicted molar refractivity (Wildman–Crippen MR) is 118 cm³/mol. The van der Waals surface area contributed by atoms with Gasteiger partial charge in [-0.3, -0.25) is 9.59 Å². The number of ether oxygens (including phenoxy) is 2. The molecule has 2 rings (SSSR count). The Balaban J connectivity index is 2.22. The summed E-state index contributed by atoms with van der Waals surface area (Å²) in [5.74, 6) is 0.400. The Labute approximate surface area is 183 Å². The van der Waals surface area contributed by atoms with Gasteiger partial charge in [-0.05, 0) is 51.5 Å². The van der Waals surface area contributed by atoms with E-state index in [9.17, 15) is 9.59 Å². The van der Waals surface area contributed by atoms with Crippen molar-refractivity contribution < 1.29 is 19.1 Å². The molecule has 6 nitrogen and oxygen atoms in total. The number of nitrogens with one attached hydrogen (secondary N) is 1.